The van der Waals surface area contributed by atoms with Gasteiger partial charge in [0.2, 0.25) is 5.95 Å². The number of hydrogen-bond donors (Lipinski definition) is 1. The fourth-order valence-corrected chi connectivity index (χ4v) is 3.11. The highest BCUT2D eigenvalue weighted by molar-refractivity contribution is 5.80. The summed E-state index contributed by atoms with van der Waals surface area (Å²) in [4.78, 5) is 17.7. The number of hydrogen-bond acceptors (Lipinski definition) is 8. The van der Waals surface area contributed by atoms with Gasteiger partial charge in [0.15, 0.2) is 0 Å². The number of ether oxygens (including phenoxy) is 1. The minimum atomic E-state index is 0.209. The van der Waals surface area contributed by atoms with Gasteiger partial charge >= 0.3 is 0 Å². The van der Waals surface area contributed by atoms with Crippen LogP contribution in [0.1, 0.15) is 24.3 Å². The third-order valence-corrected chi connectivity index (χ3v) is 4.41. The summed E-state index contributed by atoms with van der Waals surface area (Å²) in [7, 11) is 0. The van der Waals surface area contributed by atoms with Crippen LogP contribution in [0.3, 0.4) is 0 Å². The number of nitrogens with zero attached hydrogens (tertiary/aromatic N) is 5. The molecule has 0 amide bonds. The lowest BCUT2D eigenvalue weighted by Gasteiger charge is -2.13. The van der Waals surface area contributed by atoms with Gasteiger partial charge in [-0.2, -0.15) is 0 Å². The molecule has 1 N–H and O–H groups in total. The van der Waals surface area contributed by atoms with E-state index in [9.17, 15) is 0 Å². The maximum absolute atomic E-state index is 5.65. The van der Waals surface area contributed by atoms with Crippen molar-refractivity contribution in [3.63, 3.8) is 0 Å². The Kier molecular flexibility index (Phi) is 4.57. The summed E-state index contributed by atoms with van der Waals surface area (Å²) >= 11 is 0. The quantitative estimate of drug-likeness (QED) is 0.748. The summed E-state index contributed by atoms with van der Waals surface area (Å²) in [5.41, 5.74) is 3.85. The van der Waals surface area contributed by atoms with E-state index in [1.807, 2.05) is 13.8 Å². The van der Waals surface area contributed by atoms with E-state index in [0.29, 0.717) is 23.9 Å². The van der Waals surface area contributed by atoms with Crippen molar-refractivity contribution < 1.29 is 9.26 Å². The van der Waals surface area contributed by atoms with Crippen LogP contribution in [-0.4, -0.2) is 44.3 Å². The van der Waals surface area contributed by atoms with Crippen molar-refractivity contribution in [3.05, 3.63) is 36.2 Å². The van der Waals surface area contributed by atoms with Gasteiger partial charge in [-0.1, -0.05) is 5.16 Å². The maximum Gasteiger partial charge on any atom is 0.223 e. The van der Waals surface area contributed by atoms with Crippen LogP contribution in [0.4, 0.5) is 5.95 Å². The molecule has 4 heterocycles. The first kappa shape index (κ1) is 16.6. The molecule has 0 aliphatic carbocycles. The molecular formula is C18H20N6O2. The van der Waals surface area contributed by atoms with Crippen molar-refractivity contribution in [3.8, 4) is 22.5 Å². The van der Waals surface area contributed by atoms with E-state index in [-0.39, 0.29) is 6.10 Å². The number of aryl methyl sites for hydroxylation is 2. The van der Waals surface area contributed by atoms with Gasteiger partial charge in [-0.3, -0.25) is 9.97 Å². The second-order valence-electron chi connectivity index (χ2n) is 6.26. The zero-order valence-electron chi connectivity index (χ0n) is 14.8. The molecule has 8 heteroatoms. The fourth-order valence-electron chi connectivity index (χ4n) is 3.11. The van der Waals surface area contributed by atoms with Gasteiger partial charge in [-0.15, -0.1) is 0 Å². The topological polar surface area (TPSA) is 98.9 Å². The average molecular weight is 352 g/mol. The molecule has 8 nitrogen and oxygen atoms in total. The average Bonchev–Trinajstić information content (AvgIpc) is 3.30. The smallest absolute Gasteiger partial charge is 0.223 e. The largest absolute Gasteiger partial charge is 0.376 e. The first-order chi connectivity index (χ1) is 12.7. The Morgan fingerprint density at radius 3 is 2.81 bits per heavy atom. The molecule has 4 rings (SSSR count). The lowest BCUT2D eigenvalue weighted by molar-refractivity contribution is 0.120. The number of aromatic nitrogens is 5. The number of rotatable bonds is 5. The van der Waals surface area contributed by atoms with E-state index >= 15 is 0 Å². The van der Waals surface area contributed by atoms with Crippen LogP contribution in [0, 0.1) is 13.8 Å². The normalized spacial score (nSPS) is 16.8. The van der Waals surface area contributed by atoms with Crippen molar-refractivity contribution >= 4 is 5.95 Å². The van der Waals surface area contributed by atoms with Crippen LogP contribution >= 0.6 is 0 Å². The van der Waals surface area contributed by atoms with E-state index < -0.39 is 0 Å². The first-order valence-corrected chi connectivity index (χ1v) is 8.64. The molecule has 1 aliphatic heterocycles. The Morgan fingerprint density at radius 1 is 1.19 bits per heavy atom. The molecule has 0 spiro atoms. The molecule has 0 radical (unpaired) electrons. The van der Waals surface area contributed by atoms with Crippen LogP contribution in [-0.2, 0) is 4.74 Å². The van der Waals surface area contributed by atoms with E-state index in [4.69, 9.17) is 14.2 Å². The molecule has 0 bridgehead atoms. The Balaban J connectivity index is 1.72. The third-order valence-electron chi connectivity index (χ3n) is 4.41. The molecule has 0 saturated carbocycles. The molecule has 0 aromatic carbocycles. The maximum atomic E-state index is 5.65. The molecule has 1 aliphatic rings. The summed E-state index contributed by atoms with van der Waals surface area (Å²) in [6, 6.07) is 0. The zero-order chi connectivity index (χ0) is 17.9. The zero-order valence-corrected chi connectivity index (χ0v) is 14.8. The number of nitrogens with one attached hydrogen (secondary N) is 1. The Labute approximate surface area is 151 Å². The molecule has 1 fully saturated rings. The molecule has 1 saturated heterocycles. The standard InChI is InChI=1S/C18H20N6O2/c1-11-16(12(2)26-24-11)17-14(15-10-19-5-6-20-15)9-22-18(23-17)21-8-13-4-3-7-25-13/h5-6,9-10,13H,3-4,7-8H2,1-2H3,(H,21,22,23)/t13-/m1/s1. The summed E-state index contributed by atoms with van der Waals surface area (Å²) in [5.74, 6) is 1.25. The minimum Gasteiger partial charge on any atom is -0.376 e. The second kappa shape index (κ2) is 7.17. The van der Waals surface area contributed by atoms with Crippen molar-refractivity contribution in [1.29, 1.82) is 0 Å². The van der Waals surface area contributed by atoms with Crippen LogP contribution < -0.4 is 5.32 Å². The van der Waals surface area contributed by atoms with Gasteiger partial charge in [0.1, 0.15) is 5.76 Å². The van der Waals surface area contributed by atoms with Gasteiger partial charge in [-0.05, 0) is 26.7 Å². The number of anilines is 1. The summed E-state index contributed by atoms with van der Waals surface area (Å²) < 4.78 is 11.0. The highest BCUT2D eigenvalue weighted by Gasteiger charge is 2.21. The van der Waals surface area contributed by atoms with Crippen molar-refractivity contribution in [2.45, 2.75) is 32.8 Å². The van der Waals surface area contributed by atoms with Gasteiger partial charge in [0.25, 0.3) is 0 Å². The lowest BCUT2D eigenvalue weighted by Crippen LogP contribution is -2.19. The Hall–Kier alpha value is -2.87. The summed E-state index contributed by atoms with van der Waals surface area (Å²) in [6.45, 7) is 5.28. The van der Waals surface area contributed by atoms with Crippen LogP contribution in [0.25, 0.3) is 22.5 Å². The van der Waals surface area contributed by atoms with Crippen LogP contribution in [0.5, 0.6) is 0 Å². The van der Waals surface area contributed by atoms with E-state index in [1.165, 1.54) is 0 Å². The van der Waals surface area contributed by atoms with Crippen molar-refractivity contribution in [2.24, 2.45) is 0 Å². The van der Waals surface area contributed by atoms with Crippen LogP contribution in [0.15, 0.2) is 29.3 Å². The van der Waals surface area contributed by atoms with Gasteiger partial charge in [-0.25, -0.2) is 9.97 Å². The molecule has 3 aromatic rings. The molecule has 26 heavy (non-hydrogen) atoms. The monoisotopic (exact) mass is 352 g/mol. The molecular weight excluding hydrogens is 332 g/mol. The van der Waals surface area contributed by atoms with E-state index in [0.717, 1.165) is 42.0 Å². The molecule has 134 valence electrons. The third kappa shape index (κ3) is 3.28. The van der Waals surface area contributed by atoms with Crippen molar-refractivity contribution in [1.82, 2.24) is 25.1 Å². The van der Waals surface area contributed by atoms with Crippen molar-refractivity contribution in [2.75, 3.05) is 18.5 Å². The lowest BCUT2D eigenvalue weighted by atomic mass is 10.0. The fraction of sp³-hybridized carbons (Fsp3) is 0.389. The SMILES string of the molecule is Cc1noc(C)c1-c1nc(NC[C@H]2CCCO2)ncc1-c1cnccn1. The first-order valence-electron chi connectivity index (χ1n) is 8.64. The minimum absolute atomic E-state index is 0.209. The summed E-state index contributed by atoms with van der Waals surface area (Å²) in [5, 5.41) is 7.33. The van der Waals surface area contributed by atoms with E-state index in [1.54, 1.807) is 24.8 Å². The van der Waals surface area contributed by atoms with Gasteiger partial charge < -0.3 is 14.6 Å². The highest BCUT2D eigenvalue weighted by atomic mass is 16.5. The van der Waals surface area contributed by atoms with Gasteiger partial charge in [0.05, 0.1) is 34.9 Å². The Bertz CT molecular complexity index is 870. The Morgan fingerprint density at radius 2 is 2.12 bits per heavy atom. The predicted octanol–water partition coefficient (Wildman–Crippen LogP) is 2.80. The highest BCUT2D eigenvalue weighted by Crippen LogP contribution is 2.33. The molecule has 3 aromatic heterocycles. The van der Waals surface area contributed by atoms with E-state index in [2.05, 4.69) is 25.4 Å². The summed E-state index contributed by atoms with van der Waals surface area (Å²) in [6.07, 6.45) is 9.11. The second-order valence-corrected chi connectivity index (χ2v) is 6.26. The predicted molar refractivity (Wildman–Crippen MR) is 95.5 cm³/mol. The molecule has 1 atom stereocenters. The molecule has 0 unspecified atom stereocenters. The van der Waals surface area contributed by atoms with Gasteiger partial charge in [0, 0.05) is 37.3 Å². The van der Waals surface area contributed by atoms with Crippen LogP contribution in [0.2, 0.25) is 0 Å².